The van der Waals surface area contributed by atoms with Crippen LogP contribution in [0.5, 0.6) is 5.75 Å². The molecule has 7 nitrogen and oxygen atoms in total. The lowest BCUT2D eigenvalue weighted by atomic mass is 9.75. The summed E-state index contributed by atoms with van der Waals surface area (Å²) in [7, 11) is 2.66. The number of thiazole rings is 1. The molecule has 0 saturated heterocycles. The van der Waals surface area contributed by atoms with E-state index in [1.54, 1.807) is 13.8 Å². The average Bonchev–Trinajstić information content (AvgIpc) is 3.38. The van der Waals surface area contributed by atoms with E-state index < -0.39 is 23.8 Å². The summed E-state index contributed by atoms with van der Waals surface area (Å²) in [5, 5.41) is 2.84. The quantitative estimate of drug-likeness (QED) is 0.385. The minimum atomic E-state index is -0.737. The summed E-state index contributed by atoms with van der Waals surface area (Å²) >= 11 is 1.53. The number of benzene rings is 2. The maximum Gasteiger partial charge on any atom is 0.336 e. The molecule has 0 spiro atoms. The molecule has 1 aromatic heterocycles. The van der Waals surface area contributed by atoms with E-state index >= 15 is 0 Å². The van der Waals surface area contributed by atoms with Gasteiger partial charge in [-0.15, -0.1) is 11.3 Å². The Morgan fingerprint density at radius 3 is 2.42 bits per heavy atom. The lowest BCUT2D eigenvalue weighted by Gasteiger charge is -2.31. The number of ether oxygens (including phenoxy) is 3. The molecule has 0 saturated carbocycles. The van der Waals surface area contributed by atoms with Crippen molar-refractivity contribution in [2.45, 2.75) is 26.7 Å². The fourth-order valence-electron chi connectivity index (χ4n) is 4.50. The number of allylic oxidation sites excluding steroid dienone is 1. The fraction of sp³-hybridized carbons (Fsp3) is 0.286. The van der Waals surface area contributed by atoms with Gasteiger partial charge in [-0.3, -0.25) is 9.79 Å². The Labute approximate surface area is 214 Å². The zero-order valence-electron chi connectivity index (χ0n) is 20.9. The zero-order valence-corrected chi connectivity index (χ0v) is 21.7. The first-order valence-electron chi connectivity index (χ1n) is 11.6. The molecule has 186 valence electrons. The number of hydrogen-bond donors (Lipinski definition) is 0. The van der Waals surface area contributed by atoms with Crippen molar-refractivity contribution >= 4 is 29.0 Å². The molecule has 2 aromatic carbocycles. The van der Waals surface area contributed by atoms with E-state index in [0.29, 0.717) is 23.6 Å². The highest BCUT2D eigenvalue weighted by Crippen LogP contribution is 2.41. The van der Waals surface area contributed by atoms with Crippen LogP contribution in [-0.4, -0.2) is 43.5 Å². The van der Waals surface area contributed by atoms with Crippen molar-refractivity contribution in [3.05, 3.63) is 70.7 Å². The molecule has 3 aromatic rings. The van der Waals surface area contributed by atoms with Gasteiger partial charge in [-0.2, -0.15) is 0 Å². The maximum absolute atomic E-state index is 12.8. The summed E-state index contributed by atoms with van der Waals surface area (Å²) in [6, 6.07) is 15.6. The number of aliphatic imine (C=N–C) groups is 1. The number of nitrogens with zero attached hydrogens (tertiary/aromatic N) is 2. The third-order valence-corrected chi connectivity index (χ3v) is 7.04. The largest absolute Gasteiger partial charge is 0.494 e. The molecular formula is C28H28N2O5S. The Bertz CT molecular complexity index is 1340. The predicted octanol–water partition coefficient (Wildman–Crippen LogP) is 5.67. The van der Waals surface area contributed by atoms with Gasteiger partial charge in [0, 0.05) is 33.8 Å². The van der Waals surface area contributed by atoms with Crippen LogP contribution in [0.4, 0.5) is 0 Å². The van der Waals surface area contributed by atoms with Crippen LogP contribution in [0.25, 0.3) is 21.8 Å². The first kappa shape index (κ1) is 25.3. The highest BCUT2D eigenvalue weighted by Gasteiger charge is 2.42. The van der Waals surface area contributed by atoms with Crippen LogP contribution >= 0.6 is 11.3 Å². The van der Waals surface area contributed by atoms with Crippen LogP contribution in [0.15, 0.2) is 70.2 Å². The van der Waals surface area contributed by atoms with E-state index in [0.717, 1.165) is 33.1 Å². The van der Waals surface area contributed by atoms with Gasteiger partial charge in [0.15, 0.2) is 0 Å². The number of carbonyl (C=O) groups excluding carboxylic acids is 2. The van der Waals surface area contributed by atoms with E-state index in [-0.39, 0.29) is 0 Å². The summed E-state index contributed by atoms with van der Waals surface area (Å²) in [6.45, 7) is 6.10. The molecule has 2 atom stereocenters. The second-order valence-electron chi connectivity index (χ2n) is 8.34. The Hall–Kier alpha value is -3.78. The van der Waals surface area contributed by atoms with Gasteiger partial charge in [0.2, 0.25) is 0 Å². The molecule has 2 heterocycles. The summed E-state index contributed by atoms with van der Waals surface area (Å²) in [5.74, 6) is -1.47. The van der Waals surface area contributed by atoms with Gasteiger partial charge in [-0.1, -0.05) is 18.2 Å². The van der Waals surface area contributed by atoms with Crippen LogP contribution < -0.4 is 4.74 Å². The van der Waals surface area contributed by atoms with Crippen LogP contribution in [-0.2, 0) is 19.1 Å². The number of rotatable bonds is 7. The van der Waals surface area contributed by atoms with Crippen molar-refractivity contribution in [2.75, 3.05) is 20.8 Å². The molecule has 2 unspecified atom stereocenters. The molecule has 36 heavy (non-hydrogen) atoms. The van der Waals surface area contributed by atoms with E-state index in [1.165, 1.54) is 25.6 Å². The summed E-state index contributed by atoms with van der Waals surface area (Å²) in [6.07, 6.45) is 0. The lowest BCUT2D eigenvalue weighted by molar-refractivity contribution is -0.143. The standard InChI is InChI=1S/C28H28N2O5S/c1-6-35-21-12-10-18(11-13-21)22-15-36-26(30-22)20-9-7-8-19(14-20)25-23(27(31)33-4)16(2)29-17(3)24(25)28(32)34-5/h7-15,23,25H,6H2,1-5H3. The third kappa shape index (κ3) is 4.95. The Morgan fingerprint density at radius 2 is 1.75 bits per heavy atom. The minimum absolute atomic E-state index is 0.352. The molecule has 0 radical (unpaired) electrons. The number of aromatic nitrogens is 1. The maximum atomic E-state index is 12.8. The van der Waals surface area contributed by atoms with Crippen LogP contribution in [0, 0.1) is 5.92 Å². The zero-order chi connectivity index (χ0) is 25.8. The third-order valence-electron chi connectivity index (χ3n) is 6.15. The van der Waals surface area contributed by atoms with Gasteiger partial charge in [0.1, 0.15) is 16.7 Å². The SMILES string of the molecule is CCOc1ccc(-c2csc(-c3cccc(C4C(C(=O)OC)=C(C)N=C(C)C4C(=O)OC)c3)n2)cc1. The molecule has 0 fully saturated rings. The predicted molar refractivity (Wildman–Crippen MR) is 140 cm³/mol. The van der Waals surface area contributed by atoms with E-state index in [4.69, 9.17) is 19.2 Å². The van der Waals surface area contributed by atoms with Gasteiger partial charge in [-0.25, -0.2) is 9.78 Å². The summed E-state index contributed by atoms with van der Waals surface area (Å²) in [4.78, 5) is 34.9. The highest BCUT2D eigenvalue weighted by atomic mass is 32.1. The number of carbonyl (C=O) groups is 2. The second kappa shape index (κ2) is 10.9. The van der Waals surface area contributed by atoms with E-state index in [2.05, 4.69) is 4.99 Å². The highest BCUT2D eigenvalue weighted by molar-refractivity contribution is 7.13. The van der Waals surface area contributed by atoms with Gasteiger partial charge in [0.25, 0.3) is 0 Å². The molecule has 8 heteroatoms. The molecule has 0 bridgehead atoms. The summed E-state index contributed by atoms with van der Waals surface area (Å²) in [5.41, 5.74) is 5.01. The lowest BCUT2D eigenvalue weighted by Crippen LogP contribution is -2.36. The van der Waals surface area contributed by atoms with E-state index in [1.807, 2.05) is 60.8 Å². The second-order valence-corrected chi connectivity index (χ2v) is 9.20. The monoisotopic (exact) mass is 504 g/mol. The number of esters is 2. The van der Waals surface area contributed by atoms with Crippen molar-refractivity contribution in [3.8, 4) is 27.6 Å². The van der Waals surface area contributed by atoms with Crippen LogP contribution in [0.3, 0.4) is 0 Å². The molecule has 0 N–H and O–H groups in total. The molecule has 0 aliphatic carbocycles. The van der Waals surface area contributed by atoms with Gasteiger partial charge >= 0.3 is 11.9 Å². The van der Waals surface area contributed by atoms with Crippen LogP contribution in [0.1, 0.15) is 32.3 Å². The first-order valence-corrected chi connectivity index (χ1v) is 12.5. The Balaban J connectivity index is 1.73. The molecular weight excluding hydrogens is 476 g/mol. The van der Waals surface area contributed by atoms with Gasteiger partial charge in [-0.05, 0) is 56.7 Å². The van der Waals surface area contributed by atoms with Crippen molar-refractivity contribution in [2.24, 2.45) is 10.9 Å². The van der Waals surface area contributed by atoms with Crippen molar-refractivity contribution in [1.29, 1.82) is 0 Å². The van der Waals surface area contributed by atoms with Crippen molar-refractivity contribution in [3.63, 3.8) is 0 Å². The average molecular weight is 505 g/mol. The number of methoxy groups -OCH3 is 2. The molecule has 4 rings (SSSR count). The molecule has 0 amide bonds. The normalized spacial score (nSPS) is 17.4. The topological polar surface area (TPSA) is 87.1 Å². The molecule has 1 aliphatic heterocycles. The molecule has 1 aliphatic rings. The fourth-order valence-corrected chi connectivity index (χ4v) is 5.32. The number of hydrogen-bond acceptors (Lipinski definition) is 8. The van der Waals surface area contributed by atoms with Crippen molar-refractivity contribution in [1.82, 2.24) is 4.98 Å². The minimum Gasteiger partial charge on any atom is -0.494 e. The van der Waals surface area contributed by atoms with Gasteiger partial charge < -0.3 is 14.2 Å². The summed E-state index contributed by atoms with van der Waals surface area (Å²) < 4.78 is 15.7. The van der Waals surface area contributed by atoms with Crippen LogP contribution in [0.2, 0.25) is 0 Å². The Kier molecular flexibility index (Phi) is 7.64. The van der Waals surface area contributed by atoms with Crippen molar-refractivity contribution < 1.29 is 23.8 Å². The Morgan fingerprint density at radius 1 is 1.00 bits per heavy atom. The van der Waals surface area contributed by atoms with Gasteiger partial charge in [0.05, 0.1) is 32.1 Å². The van der Waals surface area contributed by atoms with E-state index in [9.17, 15) is 9.59 Å². The first-order chi connectivity index (χ1) is 17.4. The smallest absolute Gasteiger partial charge is 0.336 e.